The smallest absolute Gasteiger partial charge is 0.328 e. The fraction of sp³-hybridized carbons (Fsp3) is 0.375. The van der Waals surface area contributed by atoms with Crippen molar-refractivity contribution < 1.29 is 22.8 Å². The molecule has 0 aromatic heterocycles. The summed E-state index contributed by atoms with van der Waals surface area (Å²) in [6.07, 6.45) is 4.76. The zero-order valence-corrected chi connectivity index (χ0v) is 19.8. The lowest BCUT2D eigenvalue weighted by atomic mass is 9.96. The van der Waals surface area contributed by atoms with Gasteiger partial charge >= 0.3 is 6.03 Å². The number of amides is 4. The number of anilines is 1. The number of sulfonamides is 1. The number of fused-ring (bicyclic) bond motifs is 1. The van der Waals surface area contributed by atoms with Crippen molar-refractivity contribution in [1.29, 1.82) is 0 Å². The van der Waals surface area contributed by atoms with Crippen LogP contribution in [0.5, 0.6) is 0 Å². The lowest BCUT2D eigenvalue weighted by Gasteiger charge is -2.30. The van der Waals surface area contributed by atoms with E-state index in [1.165, 1.54) is 23.1 Å². The summed E-state index contributed by atoms with van der Waals surface area (Å²) in [6.45, 7) is 1.91. The predicted octanol–water partition coefficient (Wildman–Crippen LogP) is 2.59. The normalized spacial score (nSPS) is 16.4. The minimum absolute atomic E-state index is 0.0237. The first-order valence-electron chi connectivity index (χ1n) is 11.3. The molecule has 2 aliphatic rings. The van der Waals surface area contributed by atoms with Crippen molar-refractivity contribution in [2.45, 2.75) is 56.4 Å². The van der Waals surface area contributed by atoms with Crippen LogP contribution in [0.1, 0.15) is 53.6 Å². The van der Waals surface area contributed by atoms with Crippen LogP contribution in [0.15, 0.2) is 47.4 Å². The molecule has 0 atom stereocenters. The van der Waals surface area contributed by atoms with Crippen LogP contribution >= 0.6 is 0 Å². The fourth-order valence-electron chi connectivity index (χ4n) is 4.35. The summed E-state index contributed by atoms with van der Waals surface area (Å²) in [5.41, 5.74) is 2.33. The Morgan fingerprint density at radius 2 is 1.85 bits per heavy atom. The highest BCUT2D eigenvalue weighted by Gasteiger charge is 2.27. The summed E-state index contributed by atoms with van der Waals surface area (Å²) in [4.78, 5) is 38.8. The van der Waals surface area contributed by atoms with Gasteiger partial charge in [0.1, 0.15) is 0 Å². The van der Waals surface area contributed by atoms with Gasteiger partial charge in [-0.1, -0.05) is 37.5 Å². The molecule has 1 aliphatic heterocycles. The molecule has 10 heteroatoms. The van der Waals surface area contributed by atoms with E-state index in [1.807, 2.05) is 6.92 Å². The van der Waals surface area contributed by atoms with Crippen LogP contribution in [0, 0.1) is 6.92 Å². The van der Waals surface area contributed by atoms with Crippen LogP contribution in [0.3, 0.4) is 0 Å². The van der Waals surface area contributed by atoms with Gasteiger partial charge in [-0.25, -0.2) is 17.9 Å². The summed E-state index contributed by atoms with van der Waals surface area (Å²) in [7, 11) is -4.10. The predicted molar refractivity (Wildman–Crippen MR) is 127 cm³/mol. The number of hydrogen-bond acceptors (Lipinski definition) is 5. The second-order valence-electron chi connectivity index (χ2n) is 8.74. The summed E-state index contributed by atoms with van der Waals surface area (Å²) in [5, 5.41) is 5.41. The Balaban J connectivity index is 1.46. The molecule has 2 aromatic rings. The Labute approximate surface area is 199 Å². The van der Waals surface area contributed by atoms with Crippen molar-refractivity contribution in [2.24, 2.45) is 0 Å². The van der Waals surface area contributed by atoms with Gasteiger partial charge in [-0.05, 0) is 55.2 Å². The van der Waals surface area contributed by atoms with E-state index < -0.39 is 16.1 Å². The molecule has 1 heterocycles. The molecule has 34 heavy (non-hydrogen) atoms. The van der Waals surface area contributed by atoms with Gasteiger partial charge in [0.05, 0.1) is 29.2 Å². The van der Waals surface area contributed by atoms with Crippen molar-refractivity contribution in [1.82, 2.24) is 15.4 Å². The number of urea groups is 1. The number of nitrogens with one attached hydrogen (secondary N) is 3. The molecule has 2 aromatic carbocycles. The first kappa shape index (κ1) is 23.7. The van der Waals surface area contributed by atoms with Crippen molar-refractivity contribution in [3.05, 3.63) is 59.2 Å². The van der Waals surface area contributed by atoms with Gasteiger partial charge in [-0.15, -0.1) is 0 Å². The molecule has 1 aliphatic carbocycles. The summed E-state index contributed by atoms with van der Waals surface area (Å²) < 4.78 is 27.6. The van der Waals surface area contributed by atoms with Gasteiger partial charge < -0.3 is 10.6 Å². The first-order chi connectivity index (χ1) is 16.2. The van der Waals surface area contributed by atoms with Crippen LogP contribution in [-0.2, 0) is 21.2 Å². The van der Waals surface area contributed by atoms with E-state index >= 15 is 0 Å². The minimum Gasteiger partial charge on any atom is -0.335 e. The lowest BCUT2D eigenvalue weighted by Crippen LogP contribution is -2.47. The van der Waals surface area contributed by atoms with Gasteiger partial charge in [-0.3, -0.25) is 14.5 Å². The summed E-state index contributed by atoms with van der Waals surface area (Å²) in [5.74, 6) is -0.533. The number of rotatable bonds is 5. The standard InChI is InChI=1S/C24H28N4O5S/c1-16-10-11-20-21(12-16)28(15-25-23(20)30)22(29)14-17-6-5-9-19(13-17)34(32,33)27-24(31)26-18-7-3-2-4-8-18/h5-6,9-13,18H,2-4,7-8,14-15H2,1H3,(H,25,30)(H2,26,27,31). The lowest BCUT2D eigenvalue weighted by molar-refractivity contribution is -0.118. The highest BCUT2D eigenvalue weighted by Crippen LogP contribution is 2.26. The fourth-order valence-corrected chi connectivity index (χ4v) is 5.33. The van der Waals surface area contributed by atoms with Gasteiger partial charge in [0.2, 0.25) is 5.91 Å². The number of nitrogens with zero attached hydrogens (tertiary/aromatic N) is 1. The van der Waals surface area contributed by atoms with Crippen molar-refractivity contribution in [3.8, 4) is 0 Å². The van der Waals surface area contributed by atoms with E-state index in [0.29, 0.717) is 16.8 Å². The topological polar surface area (TPSA) is 125 Å². The third-order valence-corrected chi connectivity index (χ3v) is 7.45. The van der Waals surface area contributed by atoms with Crippen LogP contribution in [-0.4, -0.2) is 39.0 Å². The SMILES string of the molecule is Cc1ccc2c(c1)N(C(=O)Cc1cccc(S(=O)(=O)NC(=O)NC3CCCCC3)c1)CNC2=O. The molecule has 0 unspecified atom stereocenters. The van der Waals surface area contributed by atoms with Gasteiger partial charge in [0, 0.05) is 6.04 Å². The Bertz CT molecular complexity index is 1220. The molecule has 0 bridgehead atoms. The third kappa shape index (κ3) is 5.39. The molecule has 1 fully saturated rings. The molecule has 9 nitrogen and oxygen atoms in total. The van der Waals surface area contributed by atoms with Crippen molar-refractivity contribution >= 4 is 33.6 Å². The second kappa shape index (κ2) is 9.84. The van der Waals surface area contributed by atoms with Crippen LogP contribution in [0.25, 0.3) is 0 Å². The monoisotopic (exact) mass is 484 g/mol. The van der Waals surface area contributed by atoms with Crippen LogP contribution < -0.4 is 20.3 Å². The van der Waals surface area contributed by atoms with E-state index in [0.717, 1.165) is 37.7 Å². The first-order valence-corrected chi connectivity index (χ1v) is 12.8. The Hall–Kier alpha value is -3.40. The van der Waals surface area contributed by atoms with E-state index in [4.69, 9.17) is 0 Å². The van der Waals surface area contributed by atoms with E-state index in [9.17, 15) is 22.8 Å². The number of benzene rings is 2. The molecule has 4 rings (SSSR count). The highest BCUT2D eigenvalue weighted by molar-refractivity contribution is 7.90. The van der Waals surface area contributed by atoms with Crippen molar-refractivity contribution in [3.63, 3.8) is 0 Å². The van der Waals surface area contributed by atoms with Crippen LogP contribution in [0.2, 0.25) is 0 Å². The largest absolute Gasteiger partial charge is 0.335 e. The Morgan fingerprint density at radius 3 is 2.62 bits per heavy atom. The zero-order chi connectivity index (χ0) is 24.3. The van der Waals surface area contributed by atoms with Gasteiger partial charge in [-0.2, -0.15) is 0 Å². The molecular formula is C24H28N4O5S. The number of hydrogen-bond donors (Lipinski definition) is 3. The summed E-state index contributed by atoms with van der Waals surface area (Å²) >= 11 is 0. The Morgan fingerprint density at radius 1 is 1.09 bits per heavy atom. The second-order valence-corrected chi connectivity index (χ2v) is 10.4. The van der Waals surface area contributed by atoms with Gasteiger partial charge in [0.15, 0.2) is 0 Å². The molecule has 0 spiro atoms. The average Bonchev–Trinajstić information content (AvgIpc) is 2.79. The highest BCUT2D eigenvalue weighted by atomic mass is 32.2. The molecule has 1 saturated carbocycles. The maximum Gasteiger partial charge on any atom is 0.328 e. The zero-order valence-electron chi connectivity index (χ0n) is 19.0. The van der Waals surface area contributed by atoms with Crippen LogP contribution in [0.4, 0.5) is 10.5 Å². The molecule has 4 amide bonds. The maximum absolute atomic E-state index is 13.1. The third-order valence-electron chi connectivity index (χ3n) is 6.12. The van der Waals surface area contributed by atoms with E-state index in [-0.39, 0.29) is 35.8 Å². The molecule has 0 radical (unpaired) electrons. The molecule has 3 N–H and O–H groups in total. The number of carbonyl (C=O) groups excluding carboxylic acids is 3. The van der Waals surface area contributed by atoms with E-state index in [1.54, 1.807) is 24.3 Å². The quantitative estimate of drug-likeness (QED) is 0.602. The number of carbonyl (C=O) groups is 3. The number of aryl methyl sites for hydroxylation is 1. The van der Waals surface area contributed by atoms with E-state index in [2.05, 4.69) is 15.4 Å². The molecule has 180 valence electrons. The maximum atomic E-state index is 13.1. The Kier molecular flexibility index (Phi) is 6.87. The molecule has 0 saturated heterocycles. The minimum atomic E-state index is -4.10. The van der Waals surface area contributed by atoms with Crippen molar-refractivity contribution in [2.75, 3.05) is 11.6 Å². The molecular weight excluding hydrogens is 456 g/mol. The van der Waals surface area contributed by atoms with Gasteiger partial charge in [0.25, 0.3) is 15.9 Å². The average molecular weight is 485 g/mol. The summed E-state index contributed by atoms with van der Waals surface area (Å²) in [6, 6.07) is 10.4.